The van der Waals surface area contributed by atoms with Crippen molar-refractivity contribution >= 4 is 11.8 Å². The summed E-state index contributed by atoms with van der Waals surface area (Å²) in [7, 11) is 0. The number of pyridine rings is 1. The molecule has 5 nitrogen and oxygen atoms in total. The lowest BCUT2D eigenvalue weighted by Crippen LogP contribution is -2.56. The van der Waals surface area contributed by atoms with E-state index in [4.69, 9.17) is 0 Å². The van der Waals surface area contributed by atoms with Gasteiger partial charge in [-0.2, -0.15) is 0 Å². The van der Waals surface area contributed by atoms with Crippen LogP contribution in [0.4, 0.5) is 4.39 Å². The number of hydrogen-bond acceptors (Lipinski definition) is 3. The summed E-state index contributed by atoms with van der Waals surface area (Å²) in [6, 6.07) is 17.8. The van der Waals surface area contributed by atoms with Gasteiger partial charge in [-0.05, 0) is 65.8 Å². The number of carbonyl (C=O) groups is 2. The van der Waals surface area contributed by atoms with Gasteiger partial charge >= 0.3 is 0 Å². The van der Waals surface area contributed by atoms with Crippen molar-refractivity contribution in [2.45, 2.75) is 31.8 Å². The minimum atomic E-state index is -0.280. The number of piperidine rings is 2. The molecule has 0 unspecified atom stereocenters. The summed E-state index contributed by atoms with van der Waals surface area (Å²) in [5.41, 5.74) is 3.43. The highest BCUT2D eigenvalue weighted by molar-refractivity contribution is 5.95. The first-order valence-electron chi connectivity index (χ1n) is 11.4. The van der Waals surface area contributed by atoms with Gasteiger partial charge in [0.25, 0.3) is 5.91 Å². The van der Waals surface area contributed by atoms with E-state index in [0.29, 0.717) is 31.6 Å². The molecule has 2 amide bonds. The lowest BCUT2D eigenvalue weighted by atomic mass is 9.83. The Morgan fingerprint density at radius 2 is 1.88 bits per heavy atom. The Kier molecular flexibility index (Phi) is 5.90. The van der Waals surface area contributed by atoms with Crippen molar-refractivity contribution in [3.63, 3.8) is 0 Å². The molecule has 2 saturated heterocycles. The number of nitrogens with zero attached hydrogens (tertiary/aromatic N) is 3. The molecule has 3 heterocycles. The maximum Gasteiger partial charge on any atom is 0.253 e. The van der Waals surface area contributed by atoms with Crippen molar-refractivity contribution in [1.29, 1.82) is 0 Å². The second kappa shape index (κ2) is 9.14. The van der Waals surface area contributed by atoms with Crippen molar-refractivity contribution in [3.8, 4) is 11.1 Å². The van der Waals surface area contributed by atoms with Gasteiger partial charge in [0.15, 0.2) is 0 Å². The molecule has 2 fully saturated rings. The Labute approximate surface area is 192 Å². The highest BCUT2D eigenvalue weighted by atomic mass is 19.1. The van der Waals surface area contributed by atoms with Crippen LogP contribution in [0.3, 0.4) is 0 Å². The molecule has 168 valence electrons. The average molecular weight is 444 g/mol. The van der Waals surface area contributed by atoms with E-state index >= 15 is 0 Å². The highest BCUT2D eigenvalue weighted by Crippen LogP contribution is 2.33. The topological polar surface area (TPSA) is 53.5 Å². The fourth-order valence-corrected chi connectivity index (χ4v) is 5.09. The third-order valence-electron chi connectivity index (χ3n) is 6.79. The summed E-state index contributed by atoms with van der Waals surface area (Å²) in [6.07, 6.45) is 5.65. The molecule has 3 aromatic rings. The Morgan fingerprint density at radius 1 is 1.03 bits per heavy atom. The minimum Gasteiger partial charge on any atom is -0.338 e. The maximum atomic E-state index is 13.3. The molecule has 6 heteroatoms. The number of hydrogen-bond donors (Lipinski definition) is 0. The summed E-state index contributed by atoms with van der Waals surface area (Å²) >= 11 is 0. The molecular formula is C27H26FN3O2. The number of halogens is 1. The predicted octanol–water partition coefficient (Wildman–Crippen LogP) is 4.54. The van der Waals surface area contributed by atoms with E-state index in [1.807, 2.05) is 52.4 Å². The summed E-state index contributed by atoms with van der Waals surface area (Å²) in [5.74, 6) is 0.190. The zero-order valence-electron chi connectivity index (χ0n) is 18.4. The van der Waals surface area contributed by atoms with Crippen LogP contribution < -0.4 is 0 Å². The Balaban J connectivity index is 1.30. The predicted molar refractivity (Wildman–Crippen MR) is 124 cm³/mol. The van der Waals surface area contributed by atoms with Crippen molar-refractivity contribution in [1.82, 2.24) is 14.8 Å². The fourth-order valence-electron chi connectivity index (χ4n) is 5.09. The monoisotopic (exact) mass is 443 g/mol. The van der Waals surface area contributed by atoms with E-state index in [9.17, 15) is 14.0 Å². The average Bonchev–Trinajstić information content (AvgIpc) is 2.86. The van der Waals surface area contributed by atoms with E-state index in [0.717, 1.165) is 29.5 Å². The fraction of sp³-hybridized carbons (Fsp3) is 0.296. The molecule has 0 spiro atoms. The molecule has 2 aliphatic rings. The third kappa shape index (κ3) is 4.51. The van der Waals surface area contributed by atoms with E-state index in [1.165, 1.54) is 12.1 Å². The van der Waals surface area contributed by atoms with Gasteiger partial charge in [0.1, 0.15) is 5.82 Å². The van der Waals surface area contributed by atoms with Crippen LogP contribution in [0.25, 0.3) is 11.1 Å². The van der Waals surface area contributed by atoms with E-state index < -0.39 is 0 Å². The smallest absolute Gasteiger partial charge is 0.253 e. The standard InChI is InChI=1S/C27H26FN3O2/c28-24-9-6-20(7-10-24)21-4-1-5-22(15-21)27(33)30-14-12-25-23(18-30)8-11-26(32)31(25)17-19-3-2-13-29-16-19/h1-7,9-10,13,15-16,23,25H,8,11-12,14,17-18H2/t23-,25+/m1/s1. The van der Waals surface area contributed by atoms with E-state index in [1.54, 1.807) is 18.3 Å². The Hall–Kier alpha value is -3.54. The number of benzene rings is 2. The SMILES string of the molecule is O=C(c1cccc(-c2ccc(F)cc2)c1)N1CC[C@H]2[C@H](CCC(=O)N2Cc2cccnc2)C1. The van der Waals surface area contributed by atoms with Crippen molar-refractivity contribution in [3.05, 3.63) is 90.0 Å². The second-order valence-electron chi connectivity index (χ2n) is 8.88. The normalized spacial score (nSPS) is 20.5. The number of likely N-dealkylation sites (tertiary alicyclic amines) is 2. The van der Waals surface area contributed by atoms with E-state index in [-0.39, 0.29) is 29.6 Å². The van der Waals surface area contributed by atoms with E-state index in [2.05, 4.69) is 4.98 Å². The van der Waals surface area contributed by atoms with Crippen LogP contribution in [0.15, 0.2) is 73.1 Å². The molecule has 33 heavy (non-hydrogen) atoms. The quantitative estimate of drug-likeness (QED) is 0.595. The van der Waals surface area contributed by atoms with Gasteiger partial charge in [-0.1, -0.05) is 30.3 Å². The van der Waals surface area contributed by atoms with Crippen LogP contribution >= 0.6 is 0 Å². The third-order valence-corrected chi connectivity index (χ3v) is 6.79. The number of rotatable bonds is 4. The van der Waals surface area contributed by atoms with Gasteiger partial charge in [0.05, 0.1) is 0 Å². The second-order valence-corrected chi connectivity index (χ2v) is 8.88. The Morgan fingerprint density at radius 3 is 2.67 bits per heavy atom. The molecule has 2 atom stereocenters. The lowest BCUT2D eigenvalue weighted by molar-refractivity contribution is -0.141. The summed E-state index contributed by atoms with van der Waals surface area (Å²) in [4.78, 5) is 34.1. The summed E-state index contributed by atoms with van der Waals surface area (Å²) in [5, 5.41) is 0. The highest BCUT2D eigenvalue weighted by Gasteiger charge is 2.40. The lowest BCUT2D eigenvalue weighted by Gasteiger charge is -2.47. The molecule has 2 aromatic carbocycles. The van der Waals surface area contributed by atoms with Crippen LogP contribution in [-0.4, -0.2) is 45.7 Å². The van der Waals surface area contributed by atoms with Crippen LogP contribution in [-0.2, 0) is 11.3 Å². The van der Waals surface area contributed by atoms with Crippen LogP contribution in [0.5, 0.6) is 0 Å². The van der Waals surface area contributed by atoms with Crippen molar-refractivity contribution in [2.24, 2.45) is 5.92 Å². The first-order chi connectivity index (χ1) is 16.1. The first kappa shape index (κ1) is 21.3. The van der Waals surface area contributed by atoms with Gasteiger partial charge in [-0.3, -0.25) is 14.6 Å². The van der Waals surface area contributed by atoms with Gasteiger partial charge in [0, 0.05) is 50.1 Å². The van der Waals surface area contributed by atoms with Gasteiger partial charge in [-0.25, -0.2) is 4.39 Å². The largest absolute Gasteiger partial charge is 0.338 e. The molecule has 0 radical (unpaired) electrons. The maximum absolute atomic E-state index is 13.3. The molecule has 1 aromatic heterocycles. The molecule has 0 N–H and O–H groups in total. The van der Waals surface area contributed by atoms with Crippen LogP contribution in [0, 0.1) is 11.7 Å². The summed E-state index contributed by atoms with van der Waals surface area (Å²) in [6.45, 7) is 1.85. The number of amides is 2. The number of aromatic nitrogens is 1. The number of carbonyl (C=O) groups excluding carboxylic acids is 2. The van der Waals surface area contributed by atoms with Crippen molar-refractivity contribution in [2.75, 3.05) is 13.1 Å². The molecule has 0 bridgehead atoms. The van der Waals surface area contributed by atoms with Crippen molar-refractivity contribution < 1.29 is 14.0 Å². The zero-order valence-corrected chi connectivity index (χ0v) is 18.4. The van der Waals surface area contributed by atoms with Gasteiger partial charge in [0.2, 0.25) is 5.91 Å². The first-order valence-corrected chi connectivity index (χ1v) is 11.4. The van der Waals surface area contributed by atoms with Crippen LogP contribution in [0.2, 0.25) is 0 Å². The zero-order chi connectivity index (χ0) is 22.8. The van der Waals surface area contributed by atoms with Crippen LogP contribution in [0.1, 0.15) is 35.2 Å². The molecular weight excluding hydrogens is 417 g/mol. The van der Waals surface area contributed by atoms with Gasteiger partial charge in [-0.15, -0.1) is 0 Å². The Bertz CT molecular complexity index is 1150. The molecule has 2 aliphatic heterocycles. The number of fused-ring (bicyclic) bond motifs is 1. The minimum absolute atomic E-state index is 0.00752. The molecule has 0 aliphatic carbocycles. The molecule has 5 rings (SSSR count). The molecule has 0 saturated carbocycles. The summed E-state index contributed by atoms with van der Waals surface area (Å²) < 4.78 is 13.3. The van der Waals surface area contributed by atoms with Gasteiger partial charge < -0.3 is 9.80 Å².